The van der Waals surface area contributed by atoms with Crippen LogP contribution in [0.5, 0.6) is 0 Å². The Labute approximate surface area is 201 Å². The van der Waals surface area contributed by atoms with E-state index in [1.165, 1.54) is 18.6 Å². The lowest BCUT2D eigenvalue weighted by Gasteiger charge is -2.37. The van der Waals surface area contributed by atoms with Crippen LogP contribution in [0.2, 0.25) is 9.36 Å². The van der Waals surface area contributed by atoms with Gasteiger partial charge in [-0.15, -0.1) is 0 Å². The van der Waals surface area contributed by atoms with Crippen LogP contribution >= 0.6 is 34.7 Å². The third-order valence-corrected chi connectivity index (χ3v) is 8.03. The molecule has 172 valence electrons. The van der Waals surface area contributed by atoms with Crippen LogP contribution in [-0.4, -0.2) is 33.2 Å². The molecule has 2 aliphatic carbocycles. The Hall–Kier alpha value is -1.70. The van der Waals surface area contributed by atoms with E-state index in [1.807, 2.05) is 0 Å². The summed E-state index contributed by atoms with van der Waals surface area (Å²) in [4.78, 5) is 29.0. The highest BCUT2D eigenvalue weighted by Crippen LogP contribution is 2.37. The van der Waals surface area contributed by atoms with Gasteiger partial charge in [0.25, 0.3) is 5.91 Å². The zero-order valence-electron chi connectivity index (χ0n) is 17.7. The minimum atomic E-state index is -0.898. The lowest BCUT2D eigenvalue weighted by Crippen LogP contribution is -2.50. The van der Waals surface area contributed by atoms with Gasteiger partial charge in [-0.2, -0.15) is 4.37 Å². The summed E-state index contributed by atoms with van der Waals surface area (Å²) in [5.41, 5.74) is 0.628. The minimum absolute atomic E-state index is 0.0612. The smallest absolute Gasteiger partial charge is 0.276 e. The minimum Gasteiger partial charge on any atom is -0.351 e. The number of nitrogens with one attached hydrogen (secondary N) is 1. The molecular formula is C23H26Cl2FN3O2S. The van der Waals surface area contributed by atoms with Gasteiger partial charge in [0.1, 0.15) is 21.2 Å². The number of carbonyl (C=O) groups excluding carboxylic acids is 2. The number of aromatic nitrogens is 1. The second-order valence-corrected chi connectivity index (χ2v) is 10.3. The van der Waals surface area contributed by atoms with Crippen molar-refractivity contribution < 1.29 is 14.0 Å². The van der Waals surface area contributed by atoms with Gasteiger partial charge >= 0.3 is 0 Å². The summed E-state index contributed by atoms with van der Waals surface area (Å²) in [6.45, 7) is 0. The predicted octanol–water partition coefficient (Wildman–Crippen LogP) is 6.16. The first-order chi connectivity index (χ1) is 15.5. The molecule has 0 spiro atoms. The molecular weight excluding hydrogens is 472 g/mol. The number of hydrogen-bond acceptors (Lipinski definition) is 4. The van der Waals surface area contributed by atoms with Gasteiger partial charge < -0.3 is 10.2 Å². The molecule has 2 aromatic rings. The van der Waals surface area contributed by atoms with Crippen LogP contribution in [0.4, 0.5) is 4.39 Å². The molecule has 0 bridgehead atoms. The van der Waals surface area contributed by atoms with Crippen molar-refractivity contribution in [1.82, 2.24) is 14.6 Å². The summed E-state index contributed by atoms with van der Waals surface area (Å²) in [6, 6.07) is 4.84. The van der Waals surface area contributed by atoms with Gasteiger partial charge in [0.05, 0.1) is 0 Å². The standard InChI is InChI=1S/C23H26Cl2FN3O2S/c24-18-19(28-32-21(18)25)23(31)29(17-8-4-5-9-17)20(14-10-12-15(26)13-11-14)22(30)27-16-6-2-1-3-7-16/h10-13,16-17,20H,1-9H2,(H,27,30)/t20-/m1/s1. The summed E-state index contributed by atoms with van der Waals surface area (Å²) < 4.78 is 18.1. The van der Waals surface area contributed by atoms with Crippen molar-refractivity contribution in [3.63, 3.8) is 0 Å². The van der Waals surface area contributed by atoms with Crippen LogP contribution in [0.1, 0.15) is 79.9 Å². The van der Waals surface area contributed by atoms with Gasteiger partial charge in [-0.25, -0.2) is 4.39 Å². The summed E-state index contributed by atoms with van der Waals surface area (Å²) in [7, 11) is 0. The third kappa shape index (κ3) is 5.10. The topological polar surface area (TPSA) is 62.3 Å². The lowest BCUT2D eigenvalue weighted by molar-refractivity contribution is -0.127. The summed E-state index contributed by atoms with van der Waals surface area (Å²) in [6.07, 6.45) is 8.68. The van der Waals surface area contributed by atoms with E-state index in [0.717, 1.165) is 62.9 Å². The first-order valence-electron chi connectivity index (χ1n) is 11.1. The van der Waals surface area contributed by atoms with Crippen LogP contribution in [0.25, 0.3) is 0 Å². The molecule has 0 aliphatic heterocycles. The van der Waals surface area contributed by atoms with Crippen LogP contribution in [0, 0.1) is 5.82 Å². The van der Waals surface area contributed by atoms with E-state index in [-0.39, 0.29) is 33.0 Å². The lowest BCUT2D eigenvalue weighted by atomic mass is 9.94. The van der Waals surface area contributed by atoms with Crippen LogP contribution in [-0.2, 0) is 4.79 Å². The Morgan fingerprint density at radius 1 is 1.03 bits per heavy atom. The Kier molecular flexibility index (Phi) is 7.69. The zero-order chi connectivity index (χ0) is 22.7. The van der Waals surface area contributed by atoms with Crippen molar-refractivity contribution >= 4 is 46.5 Å². The maximum atomic E-state index is 13.7. The average molecular weight is 498 g/mol. The summed E-state index contributed by atoms with van der Waals surface area (Å²) >= 11 is 13.3. The molecule has 0 unspecified atom stereocenters. The Morgan fingerprint density at radius 3 is 2.25 bits per heavy atom. The van der Waals surface area contributed by atoms with Crippen LogP contribution in [0.3, 0.4) is 0 Å². The van der Waals surface area contributed by atoms with Crippen molar-refractivity contribution in [3.8, 4) is 0 Å². The molecule has 0 saturated heterocycles. The average Bonchev–Trinajstić information content (AvgIpc) is 3.43. The molecule has 4 rings (SSSR count). The number of rotatable bonds is 6. The van der Waals surface area contributed by atoms with E-state index in [2.05, 4.69) is 9.69 Å². The van der Waals surface area contributed by atoms with E-state index in [1.54, 1.807) is 17.0 Å². The highest BCUT2D eigenvalue weighted by Gasteiger charge is 2.40. The van der Waals surface area contributed by atoms with Crippen molar-refractivity contribution in [2.45, 2.75) is 75.9 Å². The fraction of sp³-hybridized carbons (Fsp3) is 0.522. The van der Waals surface area contributed by atoms with Gasteiger partial charge in [0, 0.05) is 12.1 Å². The van der Waals surface area contributed by atoms with Crippen molar-refractivity contribution in [2.24, 2.45) is 0 Å². The van der Waals surface area contributed by atoms with E-state index < -0.39 is 17.8 Å². The molecule has 1 heterocycles. The molecule has 2 aliphatic rings. The largest absolute Gasteiger partial charge is 0.351 e. The predicted molar refractivity (Wildman–Crippen MR) is 125 cm³/mol. The fourth-order valence-electron chi connectivity index (χ4n) is 4.80. The van der Waals surface area contributed by atoms with E-state index in [0.29, 0.717) is 5.56 Å². The molecule has 1 atom stereocenters. The van der Waals surface area contributed by atoms with Crippen LogP contribution in [0.15, 0.2) is 24.3 Å². The molecule has 32 heavy (non-hydrogen) atoms. The monoisotopic (exact) mass is 497 g/mol. The van der Waals surface area contributed by atoms with Crippen molar-refractivity contribution in [2.75, 3.05) is 0 Å². The Morgan fingerprint density at radius 2 is 1.66 bits per heavy atom. The van der Waals surface area contributed by atoms with Crippen molar-refractivity contribution in [3.05, 3.63) is 50.7 Å². The van der Waals surface area contributed by atoms with E-state index in [9.17, 15) is 14.0 Å². The molecule has 1 aromatic carbocycles. The summed E-state index contributed by atoms with van der Waals surface area (Å²) in [5, 5.41) is 3.27. The second-order valence-electron chi connectivity index (χ2n) is 8.57. The van der Waals surface area contributed by atoms with Gasteiger partial charge in [-0.05, 0) is 54.9 Å². The van der Waals surface area contributed by atoms with Gasteiger partial charge in [0.2, 0.25) is 5.91 Å². The number of hydrogen-bond donors (Lipinski definition) is 1. The molecule has 5 nitrogen and oxygen atoms in total. The quantitative estimate of drug-likeness (QED) is 0.519. The van der Waals surface area contributed by atoms with Gasteiger partial charge in [-0.3, -0.25) is 9.59 Å². The van der Waals surface area contributed by atoms with Gasteiger partial charge in [0.15, 0.2) is 5.69 Å². The maximum absolute atomic E-state index is 13.7. The highest BCUT2D eigenvalue weighted by atomic mass is 35.5. The van der Waals surface area contributed by atoms with E-state index in [4.69, 9.17) is 23.2 Å². The molecule has 2 amide bonds. The normalized spacial score (nSPS) is 18.5. The van der Waals surface area contributed by atoms with Crippen LogP contribution < -0.4 is 5.32 Å². The first kappa shape index (κ1) is 23.5. The van der Waals surface area contributed by atoms with E-state index >= 15 is 0 Å². The third-order valence-electron chi connectivity index (χ3n) is 6.42. The second kappa shape index (κ2) is 10.5. The molecule has 1 N–H and O–H groups in total. The number of halogens is 3. The molecule has 1 aromatic heterocycles. The number of amides is 2. The Balaban J connectivity index is 1.73. The van der Waals surface area contributed by atoms with Crippen molar-refractivity contribution in [1.29, 1.82) is 0 Å². The zero-order valence-corrected chi connectivity index (χ0v) is 20.0. The molecule has 0 radical (unpaired) electrons. The maximum Gasteiger partial charge on any atom is 0.276 e. The Bertz CT molecular complexity index is 957. The number of carbonyl (C=O) groups is 2. The fourth-order valence-corrected chi connectivity index (χ4v) is 5.79. The van der Waals surface area contributed by atoms with Gasteiger partial charge in [-0.1, -0.05) is 67.4 Å². The number of benzene rings is 1. The molecule has 2 saturated carbocycles. The number of nitrogens with zero attached hydrogens (tertiary/aromatic N) is 2. The highest BCUT2D eigenvalue weighted by molar-refractivity contribution is 7.11. The summed E-state index contributed by atoms with van der Waals surface area (Å²) in [5.74, 6) is -1.06. The SMILES string of the molecule is O=C(NC1CCCCC1)[C@@H](c1ccc(F)cc1)N(C(=O)c1nsc(Cl)c1Cl)C1CCCC1. The first-order valence-corrected chi connectivity index (χ1v) is 12.7. The molecule has 2 fully saturated rings. The molecule has 9 heteroatoms.